The van der Waals surface area contributed by atoms with Gasteiger partial charge in [0.1, 0.15) is 6.61 Å². The summed E-state index contributed by atoms with van der Waals surface area (Å²) in [6.45, 7) is 5.81. The van der Waals surface area contributed by atoms with Gasteiger partial charge in [-0.3, -0.25) is 15.1 Å². The van der Waals surface area contributed by atoms with Crippen LogP contribution in [0.25, 0.3) is 6.08 Å². The summed E-state index contributed by atoms with van der Waals surface area (Å²) in [6, 6.07) is 18.1. The molecule has 53 heavy (non-hydrogen) atoms. The van der Waals surface area contributed by atoms with Crippen LogP contribution in [0.3, 0.4) is 0 Å². The number of nitrogens with one attached hydrogen (secondary N) is 3. The third kappa shape index (κ3) is 18.4. The smallest absolute Gasteiger partial charge is 0.411 e. The van der Waals surface area contributed by atoms with E-state index in [1.807, 2.05) is 36.4 Å². The SMILES string of the molecule is CNC(=O)c1ccccc1Sc1ccc(C(=N)/C=C/c2ccccn2)c(NC(=O)OCCOCCOCCOCCOCCOCCOCCOC)c1. The number of methoxy groups -OCH3 is 1. The molecule has 0 aliphatic carbocycles. The molecule has 0 aliphatic rings. The fourth-order valence-electron chi connectivity index (χ4n) is 4.35. The summed E-state index contributed by atoms with van der Waals surface area (Å²) in [5.41, 5.74) is 2.23. The monoisotopic (exact) mass is 754 g/mol. The molecule has 0 bridgehead atoms. The molecule has 0 atom stereocenters. The van der Waals surface area contributed by atoms with Crippen molar-refractivity contribution in [3.05, 3.63) is 89.8 Å². The maximum Gasteiger partial charge on any atom is 0.411 e. The van der Waals surface area contributed by atoms with E-state index in [0.717, 1.165) is 9.79 Å². The van der Waals surface area contributed by atoms with E-state index >= 15 is 0 Å². The third-order valence-corrected chi connectivity index (χ3v) is 8.03. The summed E-state index contributed by atoms with van der Waals surface area (Å²) in [6.07, 6.45) is 4.31. The molecule has 288 valence electrons. The number of carbonyl (C=O) groups is 2. The fraction of sp³-hybridized carbons (Fsp3) is 0.421. The Morgan fingerprint density at radius 1 is 0.717 bits per heavy atom. The van der Waals surface area contributed by atoms with Crippen molar-refractivity contribution in [2.45, 2.75) is 9.79 Å². The van der Waals surface area contributed by atoms with Crippen LogP contribution in [0, 0.1) is 5.41 Å². The van der Waals surface area contributed by atoms with Crippen LogP contribution >= 0.6 is 11.8 Å². The Morgan fingerprint density at radius 2 is 1.28 bits per heavy atom. The number of rotatable bonds is 28. The normalized spacial score (nSPS) is 11.1. The highest BCUT2D eigenvalue weighted by Gasteiger charge is 2.15. The van der Waals surface area contributed by atoms with E-state index in [0.29, 0.717) is 102 Å². The van der Waals surface area contributed by atoms with Crippen molar-refractivity contribution in [1.82, 2.24) is 10.3 Å². The Labute approximate surface area is 315 Å². The van der Waals surface area contributed by atoms with Crippen LogP contribution in [0.4, 0.5) is 10.5 Å². The zero-order valence-electron chi connectivity index (χ0n) is 30.3. The Bertz CT molecular complexity index is 1530. The predicted octanol–water partition coefficient (Wildman–Crippen LogP) is 4.97. The van der Waals surface area contributed by atoms with Gasteiger partial charge < -0.3 is 48.6 Å². The van der Waals surface area contributed by atoms with Crippen LogP contribution in [0.5, 0.6) is 0 Å². The zero-order valence-corrected chi connectivity index (χ0v) is 31.2. The number of benzene rings is 2. The van der Waals surface area contributed by atoms with Crippen molar-refractivity contribution < 1.29 is 47.5 Å². The Morgan fingerprint density at radius 3 is 1.85 bits per heavy atom. The van der Waals surface area contributed by atoms with Gasteiger partial charge in [0.15, 0.2) is 0 Å². The van der Waals surface area contributed by atoms with Crippen LogP contribution < -0.4 is 10.6 Å². The number of carbonyl (C=O) groups excluding carboxylic acids is 2. The number of allylic oxidation sites excluding steroid dienone is 1. The van der Waals surface area contributed by atoms with E-state index in [9.17, 15) is 9.59 Å². The minimum absolute atomic E-state index is 0.0163. The number of hydrogen-bond acceptors (Lipinski definition) is 13. The van der Waals surface area contributed by atoms with Crippen molar-refractivity contribution in [3.8, 4) is 0 Å². The number of nitrogens with zero attached hydrogens (tertiary/aromatic N) is 1. The Kier molecular flexibility index (Phi) is 22.4. The topological polar surface area (TPSA) is 169 Å². The summed E-state index contributed by atoms with van der Waals surface area (Å²) in [7, 11) is 3.21. The first-order chi connectivity index (χ1) is 26.0. The molecule has 0 unspecified atom stereocenters. The van der Waals surface area contributed by atoms with Crippen molar-refractivity contribution in [1.29, 1.82) is 5.41 Å². The first-order valence-electron chi connectivity index (χ1n) is 17.2. The molecule has 0 saturated heterocycles. The number of aromatic nitrogens is 1. The van der Waals surface area contributed by atoms with Gasteiger partial charge in [0.05, 0.1) is 109 Å². The number of amides is 2. The molecule has 0 spiro atoms. The molecule has 2 amide bonds. The molecule has 2 aromatic carbocycles. The molecule has 15 heteroatoms. The van der Waals surface area contributed by atoms with Gasteiger partial charge in [-0.1, -0.05) is 30.0 Å². The summed E-state index contributed by atoms with van der Waals surface area (Å²) >= 11 is 1.37. The lowest BCUT2D eigenvalue weighted by Gasteiger charge is -2.14. The number of hydrogen-bond donors (Lipinski definition) is 3. The molecule has 3 aromatic rings. The van der Waals surface area contributed by atoms with Gasteiger partial charge in [-0.15, -0.1) is 0 Å². The van der Waals surface area contributed by atoms with Crippen LogP contribution in [0.15, 0.2) is 82.7 Å². The maximum absolute atomic E-state index is 12.8. The molecular weight excluding hydrogens is 705 g/mol. The van der Waals surface area contributed by atoms with E-state index in [1.165, 1.54) is 11.8 Å². The fourth-order valence-corrected chi connectivity index (χ4v) is 5.33. The van der Waals surface area contributed by atoms with Crippen LogP contribution in [0.1, 0.15) is 21.6 Å². The quantitative estimate of drug-likeness (QED) is 0.0674. The van der Waals surface area contributed by atoms with Crippen LogP contribution in [-0.2, 0) is 37.9 Å². The minimum Gasteiger partial charge on any atom is -0.447 e. The van der Waals surface area contributed by atoms with E-state index < -0.39 is 6.09 Å². The van der Waals surface area contributed by atoms with Crippen molar-refractivity contribution in [2.75, 3.05) is 112 Å². The van der Waals surface area contributed by atoms with Crippen LogP contribution in [-0.4, -0.2) is 129 Å². The van der Waals surface area contributed by atoms with Crippen molar-refractivity contribution in [2.24, 2.45) is 0 Å². The predicted molar refractivity (Wildman–Crippen MR) is 202 cm³/mol. The average Bonchev–Trinajstić information content (AvgIpc) is 3.18. The zero-order chi connectivity index (χ0) is 37.8. The van der Waals surface area contributed by atoms with Gasteiger partial charge in [0.2, 0.25) is 0 Å². The second kappa shape index (κ2) is 27.4. The summed E-state index contributed by atoms with van der Waals surface area (Å²) < 4.78 is 42.9. The third-order valence-electron chi connectivity index (χ3n) is 6.97. The van der Waals surface area contributed by atoms with Gasteiger partial charge in [0, 0.05) is 35.7 Å². The molecule has 3 rings (SSSR count). The highest BCUT2D eigenvalue weighted by Crippen LogP contribution is 2.33. The standard InChI is InChI=1S/C38H50N4O10S/c1-40-37(43)33-8-3-4-9-36(33)53-31-11-12-32(34(39)13-10-30-7-5-6-14-41-30)35(29-31)42-38(44)52-28-27-51-26-25-50-24-23-49-22-21-48-20-19-47-18-17-46-16-15-45-2/h3-14,29,39H,15-28H2,1-2H3,(H,40,43)(H,42,44)/b13-10+,39-34?. The molecular formula is C38H50N4O10S. The van der Waals surface area contributed by atoms with E-state index in [-0.39, 0.29) is 24.8 Å². The highest BCUT2D eigenvalue weighted by molar-refractivity contribution is 7.99. The van der Waals surface area contributed by atoms with Crippen molar-refractivity contribution in [3.63, 3.8) is 0 Å². The van der Waals surface area contributed by atoms with Crippen molar-refractivity contribution >= 4 is 41.2 Å². The number of ether oxygens (including phenoxy) is 8. The lowest BCUT2D eigenvalue weighted by Crippen LogP contribution is -2.19. The van der Waals surface area contributed by atoms with Gasteiger partial charge in [-0.05, 0) is 54.6 Å². The average molecular weight is 755 g/mol. The molecule has 0 fully saturated rings. The summed E-state index contributed by atoms with van der Waals surface area (Å²) in [5.74, 6) is -0.206. The molecule has 1 aromatic heterocycles. The Balaban J connectivity index is 1.35. The molecule has 14 nitrogen and oxygen atoms in total. The molecule has 0 saturated carbocycles. The molecule has 1 heterocycles. The summed E-state index contributed by atoms with van der Waals surface area (Å²) in [5, 5.41) is 14.1. The van der Waals surface area contributed by atoms with E-state index in [1.54, 1.807) is 56.8 Å². The van der Waals surface area contributed by atoms with Gasteiger partial charge in [-0.2, -0.15) is 0 Å². The number of anilines is 1. The molecule has 3 N–H and O–H groups in total. The second-order valence-corrected chi connectivity index (χ2v) is 11.9. The van der Waals surface area contributed by atoms with Crippen LogP contribution in [0.2, 0.25) is 0 Å². The van der Waals surface area contributed by atoms with Gasteiger partial charge in [0.25, 0.3) is 5.91 Å². The molecule has 0 radical (unpaired) electrons. The second-order valence-electron chi connectivity index (χ2n) is 10.8. The first-order valence-corrected chi connectivity index (χ1v) is 18.0. The molecule has 0 aliphatic heterocycles. The van der Waals surface area contributed by atoms with Gasteiger partial charge >= 0.3 is 6.09 Å². The largest absolute Gasteiger partial charge is 0.447 e. The van der Waals surface area contributed by atoms with E-state index in [2.05, 4.69) is 15.6 Å². The first kappa shape index (κ1) is 43.2. The lowest BCUT2D eigenvalue weighted by molar-refractivity contribution is -0.0204. The lowest BCUT2D eigenvalue weighted by atomic mass is 10.1. The van der Waals surface area contributed by atoms with E-state index in [4.69, 9.17) is 43.3 Å². The Hall–Kier alpha value is -4.19. The summed E-state index contributed by atoms with van der Waals surface area (Å²) in [4.78, 5) is 31.0. The highest BCUT2D eigenvalue weighted by atomic mass is 32.2. The minimum atomic E-state index is -0.697. The van der Waals surface area contributed by atoms with Gasteiger partial charge in [-0.25, -0.2) is 4.79 Å². The number of pyridine rings is 1. The maximum atomic E-state index is 12.8.